The summed E-state index contributed by atoms with van der Waals surface area (Å²) in [5.74, 6) is -1.27. The van der Waals surface area contributed by atoms with Crippen molar-refractivity contribution in [3.63, 3.8) is 0 Å². The number of ether oxygens (including phenoxy) is 2. The van der Waals surface area contributed by atoms with Gasteiger partial charge in [0, 0.05) is 5.57 Å². The van der Waals surface area contributed by atoms with Gasteiger partial charge in [-0.05, 0) is 13.8 Å². The SMILES string of the molecule is C=C(C)C(=O)OCCOC(=O)[C@H](C)O. The van der Waals surface area contributed by atoms with E-state index in [1.165, 1.54) is 13.8 Å². The monoisotopic (exact) mass is 202 g/mol. The number of esters is 2. The molecule has 5 heteroatoms. The van der Waals surface area contributed by atoms with Crippen molar-refractivity contribution < 1.29 is 24.2 Å². The maximum atomic E-state index is 10.8. The summed E-state index contributed by atoms with van der Waals surface area (Å²) in [4.78, 5) is 21.5. The van der Waals surface area contributed by atoms with Crippen LogP contribution < -0.4 is 0 Å². The van der Waals surface area contributed by atoms with Crippen LogP contribution in [0.2, 0.25) is 0 Å². The smallest absolute Gasteiger partial charge is 0.334 e. The molecule has 0 aromatic carbocycles. The van der Waals surface area contributed by atoms with Crippen LogP contribution in [-0.2, 0) is 19.1 Å². The molecule has 0 rings (SSSR count). The van der Waals surface area contributed by atoms with E-state index in [2.05, 4.69) is 16.1 Å². The van der Waals surface area contributed by atoms with Gasteiger partial charge in [-0.2, -0.15) is 0 Å². The molecule has 0 bridgehead atoms. The molecule has 0 aromatic heterocycles. The lowest BCUT2D eigenvalue weighted by Gasteiger charge is -2.07. The van der Waals surface area contributed by atoms with E-state index in [1.807, 2.05) is 0 Å². The van der Waals surface area contributed by atoms with E-state index in [4.69, 9.17) is 5.11 Å². The standard InChI is InChI=1S/C9H14O5/c1-6(2)8(11)13-4-5-14-9(12)7(3)10/h7,10H,1,4-5H2,2-3H3/t7-/m0/s1. The minimum atomic E-state index is -1.16. The summed E-state index contributed by atoms with van der Waals surface area (Å²) in [6.45, 7) is 6.08. The summed E-state index contributed by atoms with van der Waals surface area (Å²) < 4.78 is 9.17. The van der Waals surface area contributed by atoms with E-state index in [9.17, 15) is 9.59 Å². The first-order valence-corrected chi connectivity index (χ1v) is 4.12. The summed E-state index contributed by atoms with van der Waals surface area (Å²) in [6, 6.07) is 0. The average Bonchev–Trinajstić information content (AvgIpc) is 2.11. The Balaban J connectivity index is 3.52. The van der Waals surface area contributed by atoms with E-state index >= 15 is 0 Å². The highest BCUT2D eigenvalue weighted by Gasteiger charge is 2.10. The number of carbonyl (C=O) groups is 2. The summed E-state index contributed by atoms with van der Waals surface area (Å²) >= 11 is 0. The Kier molecular flexibility index (Phi) is 5.55. The first-order valence-electron chi connectivity index (χ1n) is 4.12. The number of aliphatic hydroxyl groups excluding tert-OH is 1. The molecule has 0 spiro atoms. The Morgan fingerprint density at radius 1 is 1.36 bits per heavy atom. The largest absolute Gasteiger partial charge is 0.460 e. The van der Waals surface area contributed by atoms with Crippen LogP contribution in [0.1, 0.15) is 13.8 Å². The molecular formula is C9H14O5. The van der Waals surface area contributed by atoms with Crippen molar-refractivity contribution in [2.75, 3.05) is 13.2 Å². The second-order valence-electron chi connectivity index (χ2n) is 2.76. The van der Waals surface area contributed by atoms with Gasteiger partial charge in [-0.1, -0.05) is 6.58 Å². The number of carbonyl (C=O) groups excluding carboxylic acids is 2. The van der Waals surface area contributed by atoms with E-state index in [-0.39, 0.29) is 18.8 Å². The average molecular weight is 202 g/mol. The molecule has 14 heavy (non-hydrogen) atoms. The fourth-order valence-electron chi connectivity index (χ4n) is 0.520. The van der Waals surface area contributed by atoms with Crippen molar-refractivity contribution in [1.82, 2.24) is 0 Å². The molecule has 0 saturated carbocycles. The molecule has 5 nitrogen and oxygen atoms in total. The van der Waals surface area contributed by atoms with Crippen molar-refractivity contribution in [3.8, 4) is 0 Å². The van der Waals surface area contributed by atoms with Gasteiger partial charge in [0.05, 0.1) is 0 Å². The maximum Gasteiger partial charge on any atom is 0.334 e. The molecule has 0 unspecified atom stereocenters. The second kappa shape index (κ2) is 6.15. The van der Waals surface area contributed by atoms with Crippen LogP contribution in [-0.4, -0.2) is 36.4 Å². The van der Waals surface area contributed by atoms with Crippen LogP contribution in [0.25, 0.3) is 0 Å². The van der Waals surface area contributed by atoms with Gasteiger partial charge >= 0.3 is 11.9 Å². The van der Waals surface area contributed by atoms with Gasteiger partial charge in [-0.25, -0.2) is 9.59 Å². The highest BCUT2D eigenvalue weighted by molar-refractivity contribution is 5.86. The zero-order chi connectivity index (χ0) is 11.1. The van der Waals surface area contributed by atoms with E-state index in [0.717, 1.165) is 0 Å². The summed E-state index contributed by atoms with van der Waals surface area (Å²) in [7, 11) is 0. The minimum absolute atomic E-state index is 0.0375. The first kappa shape index (κ1) is 12.6. The van der Waals surface area contributed by atoms with Crippen molar-refractivity contribution in [3.05, 3.63) is 12.2 Å². The van der Waals surface area contributed by atoms with E-state index < -0.39 is 18.0 Å². The lowest BCUT2D eigenvalue weighted by Crippen LogP contribution is -2.22. The quantitative estimate of drug-likeness (QED) is 0.387. The van der Waals surface area contributed by atoms with Crippen LogP contribution in [0.5, 0.6) is 0 Å². The van der Waals surface area contributed by atoms with Crippen molar-refractivity contribution in [1.29, 1.82) is 0 Å². The van der Waals surface area contributed by atoms with Crippen LogP contribution in [0.15, 0.2) is 12.2 Å². The third kappa shape index (κ3) is 5.31. The summed E-state index contributed by atoms with van der Waals surface area (Å²) in [5.41, 5.74) is 0.284. The lowest BCUT2D eigenvalue weighted by molar-refractivity contribution is -0.156. The second-order valence-corrected chi connectivity index (χ2v) is 2.76. The summed E-state index contributed by atoms with van der Waals surface area (Å²) in [5, 5.41) is 8.72. The molecule has 0 aliphatic heterocycles. The molecule has 0 saturated heterocycles. The third-order valence-corrected chi connectivity index (χ3v) is 1.25. The minimum Gasteiger partial charge on any atom is -0.460 e. The zero-order valence-corrected chi connectivity index (χ0v) is 8.28. The molecule has 0 aliphatic carbocycles. The van der Waals surface area contributed by atoms with Gasteiger partial charge < -0.3 is 14.6 Å². The number of rotatable bonds is 5. The van der Waals surface area contributed by atoms with Crippen LogP contribution >= 0.6 is 0 Å². The molecule has 0 radical (unpaired) electrons. The fraction of sp³-hybridized carbons (Fsp3) is 0.556. The maximum absolute atomic E-state index is 10.8. The Labute approximate surface area is 82.3 Å². The molecule has 1 N–H and O–H groups in total. The molecule has 80 valence electrons. The molecule has 0 amide bonds. The predicted octanol–water partition coefficient (Wildman–Crippen LogP) is 0.0297. The van der Waals surface area contributed by atoms with Crippen LogP contribution in [0.3, 0.4) is 0 Å². The first-order chi connectivity index (χ1) is 6.45. The van der Waals surface area contributed by atoms with Gasteiger partial charge in [0.1, 0.15) is 19.3 Å². The zero-order valence-electron chi connectivity index (χ0n) is 8.28. The molecule has 0 heterocycles. The van der Waals surface area contributed by atoms with Crippen LogP contribution in [0.4, 0.5) is 0 Å². The third-order valence-electron chi connectivity index (χ3n) is 1.25. The molecule has 0 aliphatic rings. The summed E-state index contributed by atoms with van der Waals surface area (Å²) in [6.07, 6.45) is -1.16. The Morgan fingerprint density at radius 2 is 1.86 bits per heavy atom. The fourth-order valence-corrected chi connectivity index (χ4v) is 0.520. The predicted molar refractivity (Wildman–Crippen MR) is 48.4 cm³/mol. The Morgan fingerprint density at radius 3 is 2.29 bits per heavy atom. The van der Waals surface area contributed by atoms with Crippen LogP contribution in [0, 0.1) is 0 Å². The van der Waals surface area contributed by atoms with E-state index in [1.54, 1.807) is 0 Å². The van der Waals surface area contributed by atoms with Gasteiger partial charge in [-0.3, -0.25) is 0 Å². The lowest BCUT2D eigenvalue weighted by atomic mass is 10.4. The molecular weight excluding hydrogens is 188 g/mol. The number of aliphatic hydroxyl groups is 1. The van der Waals surface area contributed by atoms with Gasteiger partial charge in [0.25, 0.3) is 0 Å². The number of hydrogen-bond donors (Lipinski definition) is 1. The molecule has 1 atom stereocenters. The van der Waals surface area contributed by atoms with Crippen molar-refractivity contribution >= 4 is 11.9 Å². The number of hydrogen-bond acceptors (Lipinski definition) is 5. The highest BCUT2D eigenvalue weighted by atomic mass is 16.6. The van der Waals surface area contributed by atoms with Gasteiger partial charge in [0.2, 0.25) is 0 Å². The Hall–Kier alpha value is -1.36. The normalized spacial score (nSPS) is 11.6. The van der Waals surface area contributed by atoms with Gasteiger partial charge in [-0.15, -0.1) is 0 Å². The topological polar surface area (TPSA) is 72.8 Å². The highest BCUT2D eigenvalue weighted by Crippen LogP contribution is 1.92. The Bertz CT molecular complexity index is 231. The molecule has 0 aromatic rings. The molecule has 0 fully saturated rings. The van der Waals surface area contributed by atoms with E-state index in [0.29, 0.717) is 0 Å². The van der Waals surface area contributed by atoms with Crippen molar-refractivity contribution in [2.24, 2.45) is 0 Å². The van der Waals surface area contributed by atoms with Gasteiger partial charge in [0.15, 0.2) is 0 Å². The van der Waals surface area contributed by atoms with Crippen molar-refractivity contribution in [2.45, 2.75) is 20.0 Å².